The number of carbonyl (C=O) groups excluding carboxylic acids is 1. The van der Waals surface area contributed by atoms with Gasteiger partial charge < -0.3 is 9.47 Å². The molecular weight excluding hydrogens is 477 g/mol. The summed E-state index contributed by atoms with van der Waals surface area (Å²) in [5.41, 5.74) is 2.44. The number of alkyl halides is 1. The number of nitrogens with zero attached hydrogens (tertiary/aromatic N) is 1. The number of hydrogen-bond donors (Lipinski definition) is 0. The van der Waals surface area contributed by atoms with Crippen molar-refractivity contribution in [3.8, 4) is 22.9 Å². The second-order valence-corrected chi connectivity index (χ2v) is 7.79. The molecule has 0 aromatic heterocycles. The molecule has 3 aromatic carbocycles. The molecule has 1 unspecified atom stereocenters. The minimum Gasteiger partial charge on any atom is -0.464 e. The fourth-order valence-corrected chi connectivity index (χ4v) is 3.85. The van der Waals surface area contributed by atoms with E-state index in [1.54, 1.807) is 12.1 Å². The van der Waals surface area contributed by atoms with E-state index in [0.29, 0.717) is 11.3 Å². The molecule has 0 amide bonds. The van der Waals surface area contributed by atoms with Gasteiger partial charge in [-0.25, -0.2) is 4.79 Å². The fourth-order valence-electron chi connectivity index (χ4n) is 2.97. The van der Waals surface area contributed by atoms with Crippen LogP contribution < -0.4 is 4.74 Å². The van der Waals surface area contributed by atoms with Gasteiger partial charge in [-0.2, -0.15) is 5.26 Å². The summed E-state index contributed by atoms with van der Waals surface area (Å²) in [6, 6.07) is 21.4. The third-order valence-corrected chi connectivity index (χ3v) is 5.23. The molecule has 0 aliphatic heterocycles. The van der Waals surface area contributed by atoms with Crippen molar-refractivity contribution in [2.45, 2.75) is 23.9 Å². The molecule has 0 spiro atoms. The number of rotatable bonds is 7. The quantitative estimate of drug-likeness (QED) is 0.125. The van der Waals surface area contributed by atoms with Crippen molar-refractivity contribution < 1.29 is 14.3 Å². The van der Waals surface area contributed by atoms with E-state index >= 15 is 0 Å². The van der Waals surface area contributed by atoms with Crippen LogP contribution in [0.1, 0.15) is 25.3 Å². The van der Waals surface area contributed by atoms with Gasteiger partial charge in [-0.3, -0.25) is 0 Å². The number of esters is 1. The predicted molar refractivity (Wildman–Crippen MR) is 123 cm³/mol. The summed E-state index contributed by atoms with van der Waals surface area (Å²) in [7, 11) is 0. The predicted octanol–water partition coefficient (Wildman–Crippen LogP) is 6.38. The lowest BCUT2D eigenvalue weighted by Gasteiger charge is -2.13. The topological polar surface area (TPSA) is 59.3 Å². The van der Waals surface area contributed by atoms with Gasteiger partial charge >= 0.3 is 5.97 Å². The van der Waals surface area contributed by atoms with Crippen LogP contribution in [0.5, 0.6) is 5.75 Å². The molecule has 0 fully saturated rings. The Bertz CT molecular complexity index is 1070. The molecule has 0 N–H and O–H groups in total. The summed E-state index contributed by atoms with van der Waals surface area (Å²) in [6.45, 7) is 2.04. The molecule has 5 heteroatoms. The van der Waals surface area contributed by atoms with Crippen molar-refractivity contribution in [1.29, 1.82) is 5.26 Å². The number of hydrogen-bond acceptors (Lipinski definition) is 4. The highest BCUT2D eigenvalue weighted by Crippen LogP contribution is 2.37. The lowest BCUT2D eigenvalue weighted by atomic mass is 9.96. The highest BCUT2D eigenvalue weighted by Gasteiger charge is 2.12. The lowest BCUT2D eigenvalue weighted by Crippen LogP contribution is -2.09. The molecule has 0 aliphatic carbocycles. The zero-order valence-corrected chi connectivity index (χ0v) is 18.1. The molecule has 0 saturated carbocycles. The lowest BCUT2D eigenvalue weighted by molar-refractivity contribution is -0.138. The maximum absolute atomic E-state index is 11.9. The Kier molecular flexibility index (Phi) is 7.25. The van der Waals surface area contributed by atoms with Gasteiger partial charge in [0, 0.05) is 5.56 Å². The van der Waals surface area contributed by atoms with Gasteiger partial charge in [0.1, 0.15) is 5.75 Å². The number of fused-ring (bicyclic) bond motifs is 1. The van der Waals surface area contributed by atoms with Gasteiger partial charge in [0.25, 0.3) is 0 Å². The molecule has 0 heterocycles. The Hall–Kier alpha value is -2.85. The smallest absolute Gasteiger partial charge is 0.334 e. The van der Waals surface area contributed by atoms with Crippen molar-refractivity contribution in [2.24, 2.45) is 0 Å². The van der Waals surface area contributed by atoms with Crippen LogP contribution in [-0.4, -0.2) is 10.1 Å². The van der Waals surface area contributed by atoms with E-state index in [-0.39, 0.29) is 4.11 Å². The van der Waals surface area contributed by atoms with E-state index in [4.69, 9.17) is 14.7 Å². The molecule has 0 aliphatic rings. The first-order chi connectivity index (χ1) is 14.1. The first kappa shape index (κ1) is 20.9. The fraction of sp³-hybridized carbons (Fsp3) is 0.167. The maximum atomic E-state index is 11.9. The molecule has 1 atom stereocenters. The molecular formula is C24H20INO3. The van der Waals surface area contributed by atoms with Gasteiger partial charge in [-0.15, -0.1) is 0 Å². The Morgan fingerprint density at radius 2 is 1.90 bits per heavy atom. The molecule has 0 saturated heterocycles. The molecule has 29 heavy (non-hydrogen) atoms. The van der Waals surface area contributed by atoms with Crippen LogP contribution in [0.3, 0.4) is 0 Å². The van der Waals surface area contributed by atoms with E-state index in [1.807, 2.05) is 55.5 Å². The van der Waals surface area contributed by atoms with Crippen LogP contribution in [0.4, 0.5) is 0 Å². The first-order valence-electron chi connectivity index (χ1n) is 9.32. The van der Waals surface area contributed by atoms with Crippen LogP contribution in [0.25, 0.3) is 21.9 Å². The van der Waals surface area contributed by atoms with E-state index in [9.17, 15) is 4.79 Å². The van der Waals surface area contributed by atoms with Crippen molar-refractivity contribution in [3.05, 3.63) is 78.6 Å². The van der Waals surface area contributed by atoms with Crippen LogP contribution >= 0.6 is 22.6 Å². The van der Waals surface area contributed by atoms with Gasteiger partial charge in [-0.1, -0.05) is 55.8 Å². The number of halogens is 1. The summed E-state index contributed by atoms with van der Waals surface area (Å²) < 4.78 is 11.0. The summed E-state index contributed by atoms with van der Waals surface area (Å²) in [5.74, 6) is 0.190. The van der Waals surface area contributed by atoms with Crippen molar-refractivity contribution in [2.75, 3.05) is 0 Å². The average Bonchev–Trinajstić information content (AvgIpc) is 2.73. The van der Waals surface area contributed by atoms with Crippen molar-refractivity contribution in [3.63, 3.8) is 0 Å². The number of nitriles is 1. The Morgan fingerprint density at radius 3 is 2.62 bits per heavy atom. The Balaban J connectivity index is 1.90. The second-order valence-electron chi connectivity index (χ2n) is 6.41. The van der Waals surface area contributed by atoms with Gasteiger partial charge in [-0.05, 0) is 63.5 Å². The van der Waals surface area contributed by atoms with Gasteiger partial charge in [0.05, 0.1) is 24.0 Å². The van der Waals surface area contributed by atoms with Gasteiger partial charge in [0.15, 0.2) is 4.11 Å². The normalized spacial score (nSPS) is 11.9. The third kappa shape index (κ3) is 5.36. The molecule has 4 nitrogen and oxygen atoms in total. The zero-order valence-electron chi connectivity index (χ0n) is 16.0. The van der Waals surface area contributed by atoms with E-state index in [2.05, 4.69) is 28.7 Å². The first-order valence-corrected chi connectivity index (χ1v) is 10.6. The molecule has 3 aromatic rings. The van der Waals surface area contributed by atoms with Crippen LogP contribution in [0.2, 0.25) is 0 Å². The summed E-state index contributed by atoms with van der Waals surface area (Å²) in [5, 5.41) is 11.2. The highest BCUT2D eigenvalue weighted by atomic mass is 127. The number of carbonyl (C=O) groups is 1. The van der Waals surface area contributed by atoms with Crippen LogP contribution in [0, 0.1) is 11.3 Å². The minimum absolute atomic E-state index is 0.148. The van der Waals surface area contributed by atoms with Crippen molar-refractivity contribution in [1.82, 2.24) is 0 Å². The average molecular weight is 497 g/mol. The molecule has 3 rings (SSSR count). The Morgan fingerprint density at radius 1 is 1.14 bits per heavy atom. The summed E-state index contributed by atoms with van der Waals surface area (Å²) in [6.07, 6.45) is 4.41. The maximum Gasteiger partial charge on any atom is 0.334 e. The monoisotopic (exact) mass is 497 g/mol. The number of benzene rings is 3. The van der Waals surface area contributed by atoms with Crippen LogP contribution in [0.15, 0.2) is 73.0 Å². The van der Waals surface area contributed by atoms with E-state index in [0.717, 1.165) is 34.7 Å². The molecule has 146 valence electrons. The third-order valence-electron chi connectivity index (χ3n) is 4.35. The van der Waals surface area contributed by atoms with Crippen LogP contribution in [-0.2, 0) is 9.53 Å². The van der Waals surface area contributed by atoms with Crippen molar-refractivity contribution >= 4 is 39.3 Å². The largest absolute Gasteiger partial charge is 0.464 e. The second kappa shape index (κ2) is 10.1. The summed E-state index contributed by atoms with van der Waals surface area (Å²) >= 11 is 2.11. The summed E-state index contributed by atoms with van der Waals surface area (Å²) in [4.78, 5) is 11.9. The minimum atomic E-state index is -0.432. The Labute approximate surface area is 183 Å². The highest BCUT2D eigenvalue weighted by molar-refractivity contribution is 14.1. The van der Waals surface area contributed by atoms with Gasteiger partial charge in [0.2, 0.25) is 0 Å². The van der Waals surface area contributed by atoms with E-state index in [1.165, 1.54) is 12.3 Å². The molecule has 0 bridgehead atoms. The van der Waals surface area contributed by atoms with E-state index < -0.39 is 5.97 Å². The zero-order chi connectivity index (χ0) is 20.6. The number of ether oxygens (including phenoxy) is 2. The SMILES string of the molecule is CCCC(I)OC(=O)/C=C\Oc1ccc2ccccc2c1-c1ccc(C#N)cc1. The standard InChI is InChI=1S/C24H20INO3/c1-2-5-22(25)29-23(27)14-15-28-21-13-12-18-6-3-4-7-20(18)24(21)19-10-8-17(16-26)9-11-19/h3-4,6-15,22H,2,5H2,1H3/b15-14-. The molecule has 0 radical (unpaired) electrons.